The fourth-order valence-corrected chi connectivity index (χ4v) is 0.889. The number of nitriles is 1. The number of hydrogen-bond donors (Lipinski definition) is 0. The second-order valence-corrected chi connectivity index (χ2v) is 3.34. The number of rotatable bonds is 3. The molecule has 0 spiro atoms. The monoisotopic (exact) mass is 205 g/mol. The molecule has 82 valence electrons. The average molecular weight is 205 g/mol. The van der Waals surface area contributed by atoms with Crippen LogP contribution in [0.5, 0.6) is 5.75 Å². The van der Waals surface area contributed by atoms with Gasteiger partial charge >= 0.3 is 0 Å². The maximum atomic E-state index is 8.56. The Bertz CT molecular complexity index is 295. The quantitative estimate of drug-likeness (QED) is 0.755. The lowest BCUT2D eigenvalue weighted by atomic mass is 10.2. The molecular formula is C13H19NO. The number of benzene rings is 1. The topological polar surface area (TPSA) is 33.0 Å². The van der Waals surface area contributed by atoms with E-state index in [2.05, 4.69) is 19.9 Å². The SMILES string of the molecule is CC.CC(C)COc1ccc(C#N)cc1. The Labute approximate surface area is 92.5 Å². The fraction of sp³-hybridized carbons (Fsp3) is 0.462. The van der Waals surface area contributed by atoms with Gasteiger partial charge in [-0.25, -0.2) is 0 Å². The Hall–Kier alpha value is -1.49. The minimum atomic E-state index is 0.524. The Balaban J connectivity index is 0.000000921. The molecule has 2 heteroatoms. The summed E-state index contributed by atoms with van der Waals surface area (Å²) in [7, 11) is 0. The molecule has 0 atom stereocenters. The molecule has 0 bridgehead atoms. The van der Waals surface area contributed by atoms with Gasteiger partial charge in [0, 0.05) is 0 Å². The third-order valence-electron chi connectivity index (χ3n) is 1.57. The van der Waals surface area contributed by atoms with Crippen molar-refractivity contribution in [3.63, 3.8) is 0 Å². The van der Waals surface area contributed by atoms with Crippen molar-refractivity contribution in [2.24, 2.45) is 5.92 Å². The predicted molar refractivity (Wildman–Crippen MR) is 62.8 cm³/mol. The van der Waals surface area contributed by atoms with E-state index in [0.717, 1.165) is 5.75 Å². The largest absolute Gasteiger partial charge is 0.493 e. The van der Waals surface area contributed by atoms with E-state index in [4.69, 9.17) is 10.00 Å². The minimum absolute atomic E-state index is 0.524. The molecule has 0 saturated carbocycles. The van der Waals surface area contributed by atoms with Gasteiger partial charge in [0.2, 0.25) is 0 Å². The maximum Gasteiger partial charge on any atom is 0.119 e. The first-order chi connectivity index (χ1) is 7.22. The zero-order chi connectivity index (χ0) is 11.7. The molecule has 1 aromatic rings. The highest BCUT2D eigenvalue weighted by Crippen LogP contribution is 2.12. The van der Waals surface area contributed by atoms with Gasteiger partial charge in [-0.05, 0) is 30.2 Å². The van der Waals surface area contributed by atoms with E-state index in [9.17, 15) is 0 Å². The molecule has 0 amide bonds. The number of nitrogens with zero attached hydrogens (tertiary/aromatic N) is 1. The lowest BCUT2D eigenvalue weighted by molar-refractivity contribution is 0.271. The summed E-state index contributed by atoms with van der Waals surface area (Å²) in [5.41, 5.74) is 0.664. The highest BCUT2D eigenvalue weighted by Gasteiger charge is 1.96. The van der Waals surface area contributed by atoms with Gasteiger partial charge in [-0.1, -0.05) is 27.7 Å². The summed E-state index contributed by atoms with van der Waals surface area (Å²) in [6, 6.07) is 9.22. The van der Waals surface area contributed by atoms with E-state index in [1.165, 1.54) is 0 Å². The van der Waals surface area contributed by atoms with Crippen LogP contribution >= 0.6 is 0 Å². The Morgan fingerprint density at radius 2 is 1.73 bits per heavy atom. The molecule has 0 radical (unpaired) electrons. The molecule has 15 heavy (non-hydrogen) atoms. The van der Waals surface area contributed by atoms with Crippen LogP contribution in [-0.4, -0.2) is 6.61 Å². The van der Waals surface area contributed by atoms with Crippen molar-refractivity contribution in [3.8, 4) is 11.8 Å². The summed E-state index contributed by atoms with van der Waals surface area (Å²) >= 11 is 0. The first kappa shape index (κ1) is 13.5. The second kappa shape index (κ2) is 7.87. The summed E-state index contributed by atoms with van der Waals surface area (Å²) in [5, 5.41) is 8.56. The van der Waals surface area contributed by atoms with Crippen molar-refractivity contribution >= 4 is 0 Å². The molecule has 0 aliphatic carbocycles. The highest BCUT2D eigenvalue weighted by atomic mass is 16.5. The van der Waals surface area contributed by atoms with E-state index in [-0.39, 0.29) is 0 Å². The standard InChI is InChI=1S/C11H13NO.C2H6/c1-9(2)8-13-11-5-3-10(7-12)4-6-11;1-2/h3-6,9H,8H2,1-2H3;1-2H3. The van der Waals surface area contributed by atoms with E-state index < -0.39 is 0 Å². The molecule has 1 aromatic carbocycles. The van der Waals surface area contributed by atoms with Crippen molar-refractivity contribution in [1.82, 2.24) is 0 Å². The zero-order valence-corrected chi connectivity index (χ0v) is 9.95. The van der Waals surface area contributed by atoms with Gasteiger partial charge in [0.1, 0.15) is 5.75 Å². The van der Waals surface area contributed by atoms with Gasteiger partial charge in [-0.3, -0.25) is 0 Å². The average Bonchev–Trinajstić information content (AvgIpc) is 2.30. The van der Waals surface area contributed by atoms with Gasteiger partial charge in [0.25, 0.3) is 0 Å². The van der Waals surface area contributed by atoms with Crippen LogP contribution in [0, 0.1) is 17.2 Å². The molecule has 0 aliphatic heterocycles. The van der Waals surface area contributed by atoms with E-state index in [1.807, 2.05) is 26.0 Å². The van der Waals surface area contributed by atoms with Crippen LogP contribution in [0.25, 0.3) is 0 Å². The minimum Gasteiger partial charge on any atom is -0.493 e. The molecule has 0 fully saturated rings. The molecular weight excluding hydrogens is 186 g/mol. The van der Waals surface area contributed by atoms with Gasteiger partial charge in [0.05, 0.1) is 18.2 Å². The zero-order valence-electron chi connectivity index (χ0n) is 9.95. The van der Waals surface area contributed by atoms with Crippen LogP contribution in [-0.2, 0) is 0 Å². The lowest BCUT2D eigenvalue weighted by Crippen LogP contribution is -2.04. The normalized spacial score (nSPS) is 8.80. The van der Waals surface area contributed by atoms with Crippen LogP contribution < -0.4 is 4.74 Å². The Kier molecular flexibility index (Phi) is 7.09. The summed E-state index contributed by atoms with van der Waals surface area (Å²) < 4.78 is 5.46. The van der Waals surface area contributed by atoms with Crippen molar-refractivity contribution in [2.75, 3.05) is 6.61 Å². The third-order valence-corrected chi connectivity index (χ3v) is 1.57. The molecule has 0 unspecified atom stereocenters. The van der Waals surface area contributed by atoms with Crippen molar-refractivity contribution in [1.29, 1.82) is 5.26 Å². The van der Waals surface area contributed by atoms with Crippen LogP contribution in [0.15, 0.2) is 24.3 Å². The van der Waals surface area contributed by atoms with E-state index >= 15 is 0 Å². The molecule has 0 aliphatic rings. The van der Waals surface area contributed by atoms with Crippen LogP contribution in [0.4, 0.5) is 0 Å². The van der Waals surface area contributed by atoms with E-state index in [1.54, 1.807) is 12.1 Å². The predicted octanol–water partition coefficient (Wildman–Crippen LogP) is 3.62. The Morgan fingerprint density at radius 1 is 1.20 bits per heavy atom. The summed E-state index contributed by atoms with van der Waals surface area (Å²) in [6.45, 7) is 8.92. The fourth-order valence-electron chi connectivity index (χ4n) is 0.889. The van der Waals surface area contributed by atoms with Gasteiger partial charge in [0.15, 0.2) is 0 Å². The highest BCUT2D eigenvalue weighted by molar-refractivity contribution is 5.34. The number of hydrogen-bond acceptors (Lipinski definition) is 2. The second-order valence-electron chi connectivity index (χ2n) is 3.34. The summed E-state index contributed by atoms with van der Waals surface area (Å²) in [6.07, 6.45) is 0. The van der Waals surface area contributed by atoms with Crippen LogP contribution in [0.2, 0.25) is 0 Å². The van der Waals surface area contributed by atoms with Crippen molar-refractivity contribution < 1.29 is 4.74 Å². The third kappa shape index (κ3) is 5.74. The van der Waals surface area contributed by atoms with Gasteiger partial charge in [-0.2, -0.15) is 5.26 Å². The molecule has 1 rings (SSSR count). The van der Waals surface area contributed by atoms with Crippen LogP contribution in [0.1, 0.15) is 33.3 Å². The van der Waals surface area contributed by atoms with E-state index in [0.29, 0.717) is 18.1 Å². The summed E-state index contributed by atoms with van der Waals surface area (Å²) in [4.78, 5) is 0. The number of ether oxygens (including phenoxy) is 1. The first-order valence-electron chi connectivity index (χ1n) is 5.35. The molecule has 2 nitrogen and oxygen atoms in total. The smallest absolute Gasteiger partial charge is 0.119 e. The van der Waals surface area contributed by atoms with Crippen LogP contribution in [0.3, 0.4) is 0 Å². The lowest BCUT2D eigenvalue weighted by Gasteiger charge is -2.07. The van der Waals surface area contributed by atoms with Crippen molar-refractivity contribution in [2.45, 2.75) is 27.7 Å². The molecule has 0 aromatic heterocycles. The van der Waals surface area contributed by atoms with Crippen molar-refractivity contribution in [3.05, 3.63) is 29.8 Å². The maximum absolute atomic E-state index is 8.56. The molecule has 0 heterocycles. The molecule has 0 saturated heterocycles. The Morgan fingerprint density at radius 3 is 2.13 bits per heavy atom. The first-order valence-corrected chi connectivity index (χ1v) is 5.35. The van der Waals surface area contributed by atoms with Gasteiger partial charge < -0.3 is 4.74 Å². The molecule has 0 N–H and O–H groups in total. The van der Waals surface area contributed by atoms with Gasteiger partial charge in [-0.15, -0.1) is 0 Å². The summed E-state index contributed by atoms with van der Waals surface area (Å²) in [5.74, 6) is 1.35.